The third-order valence-electron chi connectivity index (χ3n) is 4.75. The molecule has 1 heterocycles. The summed E-state index contributed by atoms with van der Waals surface area (Å²) in [6.45, 7) is 7.15. The molecule has 1 aliphatic carbocycles. The fourth-order valence-electron chi connectivity index (χ4n) is 3.62. The smallest absolute Gasteiger partial charge is 0.307 e. The summed E-state index contributed by atoms with van der Waals surface area (Å²) in [7, 11) is 0. The Labute approximate surface area is 120 Å². The summed E-state index contributed by atoms with van der Waals surface area (Å²) in [5, 5.41) is 12.3. The maximum atomic E-state index is 12.4. The number of carbonyl (C=O) groups excluding carboxylic acids is 1. The first kappa shape index (κ1) is 15.3. The number of piperidine rings is 1. The van der Waals surface area contributed by atoms with E-state index in [1.165, 1.54) is 0 Å². The van der Waals surface area contributed by atoms with Gasteiger partial charge in [0, 0.05) is 12.6 Å². The van der Waals surface area contributed by atoms with Crippen molar-refractivity contribution in [3.8, 4) is 0 Å². The largest absolute Gasteiger partial charge is 0.481 e. The molecule has 0 spiro atoms. The second kappa shape index (κ2) is 6.57. The predicted molar refractivity (Wildman–Crippen MR) is 76.3 cm³/mol. The molecule has 4 atom stereocenters. The van der Waals surface area contributed by atoms with Gasteiger partial charge in [-0.25, -0.2) is 0 Å². The lowest BCUT2D eigenvalue weighted by molar-refractivity contribution is -0.146. The highest BCUT2D eigenvalue weighted by molar-refractivity contribution is 5.85. The molecule has 0 aromatic rings. The molecule has 2 rings (SSSR count). The summed E-state index contributed by atoms with van der Waals surface area (Å²) in [4.78, 5) is 26.0. The van der Waals surface area contributed by atoms with E-state index in [9.17, 15) is 14.7 Å². The van der Waals surface area contributed by atoms with Gasteiger partial charge in [0.2, 0.25) is 5.91 Å². The van der Waals surface area contributed by atoms with Crippen LogP contribution in [0.5, 0.6) is 0 Å². The molecule has 0 aromatic carbocycles. The Kier molecular flexibility index (Phi) is 5.02. The summed E-state index contributed by atoms with van der Waals surface area (Å²) in [6, 6.07) is 0.182. The van der Waals surface area contributed by atoms with E-state index in [-0.39, 0.29) is 17.9 Å². The van der Waals surface area contributed by atoms with Crippen molar-refractivity contribution in [2.24, 2.45) is 17.8 Å². The molecule has 20 heavy (non-hydrogen) atoms. The second-order valence-electron chi connectivity index (χ2n) is 6.37. The van der Waals surface area contributed by atoms with Gasteiger partial charge in [0.1, 0.15) is 0 Å². The van der Waals surface area contributed by atoms with Gasteiger partial charge in [-0.05, 0) is 44.7 Å². The number of rotatable bonds is 4. The lowest BCUT2D eigenvalue weighted by Crippen LogP contribution is -2.49. The van der Waals surface area contributed by atoms with Crippen molar-refractivity contribution in [2.45, 2.75) is 45.6 Å². The lowest BCUT2D eigenvalue weighted by atomic mass is 9.94. The normalized spacial score (nSPS) is 34.9. The van der Waals surface area contributed by atoms with Crippen LogP contribution in [-0.4, -0.2) is 47.6 Å². The minimum absolute atomic E-state index is 0.0512. The number of carbonyl (C=O) groups is 2. The van der Waals surface area contributed by atoms with Gasteiger partial charge in [0.15, 0.2) is 0 Å². The fraction of sp³-hybridized carbons (Fsp3) is 0.867. The van der Waals surface area contributed by atoms with Crippen LogP contribution < -0.4 is 5.32 Å². The highest BCUT2D eigenvalue weighted by Crippen LogP contribution is 2.36. The molecular formula is C15H26N2O3. The first-order valence-electron chi connectivity index (χ1n) is 7.76. The minimum Gasteiger partial charge on any atom is -0.481 e. The van der Waals surface area contributed by atoms with E-state index in [1.54, 1.807) is 0 Å². The Morgan fingerprint density at radius 1 is 1.30 bits per heavy atom. The van der Waals surface area contributed by atoms with Crippen molar-refractivity contribution >= 4 is 11.9 Å². The van der Waals surface area contributed by atoms with Crippen LogP contribution in [0.4, 0.5) is 0 Å². The van der Waals surface area contributed by atoms with Crippen LogP contribution in [0.25, 0.3) is 0 Å². The third kappa shape index (κ3) is 3.51. The number of hydrogen-bond donors (Lipinski definition) is 2. The van der Waals surface area contributed by atoms with Crippen LogP contribution in [0.1, 0.15) is 39.5 Å². The van der Waals surface area contributed by atoms with E-state index >= 15 is 0 Å². The van der Waals surface area contributed by atoms with Crippen molar-refractivity contribution in [3.05, 3.63) is 0 Å². The lowest BCUT2D eigenvalue weighted by Gasteiger charge is -2.33. The SMILES string of the molecule is CCN1CCCC(NC(=O)C2CC(C)CC2C(=O)O)C1. The Hall–Kier alpha value is -1.10. The number of nitrogens with one attached hydrogen (secondary N) is 1. The molecular weight excluding hydrogens is 256 g/mol. The standard InChI is InChI=1S/C15H26N2O3/c1-3-17-6-4-5-11(9-17)16-14(18)12-7-10(2)8-13(12)15(19)20/h10-13H,3-9H2,1-2H3,(H,16,18)(H,19,20). The fourth-order valence-corrected chi connectivity index (χ4v) is 3.62. The van der Waals surface area contributed by atoms with Crippen molar-refractivity contribution in [3.63, 3.8) is 0 Å². The molecule has 0 radical (unpaired) electrons. The van der Waals surface area contributed by atoms with Gasteiger partial charge in [-0.2, -0.15) is 0 Å². The topological polar surface area (TPSA) is 69.6 Å². The second-order valence-corrected chi connectivity index (χ2v) is 6.37. The summed E-state index contributed by atoms with van der Waals surface area (Å²) >= 11 is 0. The highest BCUT2D eigenvalue weighted by Gasteiger charge is 2.41. The van der Waals surface area contributed by atoms with Gasteiger partial charge in [0.25, 0.3) is 0 Å². The third-order valence-corrected chi connectivity index (χ3v) is 4.75. The summed E-state index contributed by atoms with van der Waals surface area (Å²) in [5.41, 5.74) is 0. The predicted octanol–water partition coefficient (Wildman–Crippen LogP) is 1.33. The molecule has 2 N–H and O–H groups in total. The number of likely N-dealkylation sites (tertiary alicyclic amines) is 1. The van der Waals surface area contributed by atoms with E-state index in [2.05, 4.69) is 17.1 Å². The molecule has 5 heteroatoms. The maximum absolute atomic E-state index is 12.4. The molecule has 4 unspecified atom stereocenters. The average molecular weight is 282 g/mol. The highest BCUT2D eigenvalue weighted by atomic mass is 16.4. The van der Waals surface area contributed by atoms with Crippen molar-refractivity contribution in [1.82, 2.24) is 10.2 Å². The Bertz CT molecular complexity index is 372. The number of carboxylic acid groups (broad SMARTS) is 1. The Morgan fingerprint density at radius 2 is 2.00 bits per heavy atom. The van der Waals surface area contributed by atoms with Gasteiger partial charge in [-0.3, -0.25) is 9.59 Å². The van der Waals surface area contributed by atoms with Crippen LogP contribution in [0.15, 0.2) is 0 Å². The number of hydrogen-bond acceptors (Lipinski definition) is 3. The van der Waals surface area contributed by atoms with Gasteiger partial charge in [-0.15, -0.1) is 0 Å². The first-order chi connectivity index (χ1) is 9.51. The zero-order valence-corrected chi connectivity index (χ0v) is 12.5. The minimum atomic E-state index is -0.826. The van der Waals surface area contributed by atoms with Gasteiger partial charge in [-0.1, -0.05) is 13.8 Å². The molecule has 0 aromatic heterocycles. The monoisotopic (exact) mass is 282 g/mol. The summed E-state index contributed by atoms with van der Waals surface area (Å²) in [6.07, 6.45) is 3.43. The molecule has 0 bridgehead atoms. The van der Waals surface area contributed by atoms with E-state index in [1.807, 2.05) is 6.92 Å². The summed E-state index contributed by atoms with van der Waals surface area (Å²) < 4.78 is 0. The van der Waals surface area contributed by atoms with Crippen LogP contribution in [0, 0.1) is 17.8 Å². The molecule has 5 nitrogen and oxygen atoms in total. The van der Waals surface area contributed by atoms with Gasteiger partial charge >= 0.3 is 5.97 Å². The number of amides is 1. The molecule has 114 valence electrons. The summed E-state index contributed by atoms with van der Waals surface area (Å²) in [5.74, 6) is -1.40. The van der Waals surface area contributed by atoms with Crippen LogP contribution in [0.3, 0.4) is 0 Å². The zero-order chi connectivity index (χ0) is 14.7. The molecule has 1 saturated heterocycles. The molecule has 1 aliphatic heterocycles. The van der Waals surface area contributed by atoms with Gasteiger partial charge in [0.05, 0.1) is 11.8 Å². The number of aliphatic carboxylic acids is 1. The van der Waals surface area contributed by atoms with Crippen molar-refractivity contribution in [1.29, 1.82) is 0 Å². The average Bonchev–Trinajstić information content (AvgIpc) is 2.81. The van der Waals surface area contributed by atoms with Gasteiger partial charge < -0.3 is 15.3 Å². The quantitative estimate of drug-likeness (QED) is 0.816. The van der Waals surface area contributed by atoms with E-state index in [0.717, 1.165) is 32.5 Å². The van der Waals surface area contributed by atoms with Crippen molar-refractivity contribution in [2.75, 3.05) is 19.6 Å². The van der Waals surface area contributed by atoms with Crippen molar-refractivity contribution < 1.29 is 14.7 Å². The molecule has 2 aliphatic rings. The number of likely N-dealkylation sites (N-methyl/N-ethyl adjacent to an activating group) is 1. The van der Waals surface area contributed by atoms with Crippen LogP contribution in [0.2, 0.25) is 0 Å². The van der Waals surface area contributed by atoms with Crippen LogP contribution in [-0.2, 0) is 9.59 Å². The van der Waals surface area contributed by atoms with E-state index < -0.39 is 11.9 Å². The van der Waals surface area contributed by atoms with E-state index in [4.69, 9.17) is 0 Å². The zero-order valence-electron chi connectivity index (χ0n) is 12.5. The number of carboxylic acids is 1. The first-order valence-corrected chi connectivity index (χ1v) is 7.76. The molecule has 1 amide bonds. The molecule has 1 saturated carbocycles. The Balaban J connectivity index is 1.92. The van der Waals surface area contributed by atoms with Crippen LogP contribution >= 0.6 is 0 Å². The maximum Gasteiger partial charge on any atom is 0.307 e. The van der Waals surface area contributed by atoms with E-state index in [0.29, 0.717) is 18.8 Å². The Morgan fingerprint density at radius 3 is 2.65 bits per heavy atom. The number of nitrogens with zero attached hydrogens (tertiary/aromatic N) is 1. The molecule has 2 fully saturated rings.